The fraction of sp³-hybridized carbons (Fsp3) is 0.0526. The molecule has 0 fully saturated rings. The van der Waals surface area contributed by atoms with Gasteiger partial charge in [0.15, 0.2) is 0 Å². The average Bonchev–Trinajstić information content (AvgIpc) is 2.63. The number of aromatic nitrogens is 1. The van der Waals surface area contributed by atoms with Crippen molar-refractivity contribution in [2.24, 2.45) is 0 Å². The highest BCUT2D eigenvalue weighted by Gasteiger charge is 2.06. The summed E-state index contributed by atoms with van der Waals surface area (Å²) in [7, 11) is 0. The SMILES string of the molecule is O=C(CNc1ccncc1)Nc1ccccc1Nc1ccccc1. The van der Waals surface area contributed by atoms with Crippen molar-refractivity contribution in [3.05, 3.63) is 79.1 Å². The van der Waals surface area contributed by atoms with Crippen molar-refractivity contribution in [1.82, 2.24) is 4.98 Å². The molecule has 1 heterocycles. The summed E-state index contributed by atoms with van der Waals surface area (Å²) < 4.78 is 0. The van der Waals surface area contributed by atoms with Gasteiger partial charge in [-0.2, -0.15) is 0 Å². The molecule has 0 saturated carbocycles. The Hall–Kier alpha value is -3.34. The minimum absolute atomic E-state index is 0.117. The highest BCUT2D eigenvalue weighted by Crippen LogP contribution is 2.25. The first-order chi connectivity index (χ1) is 11.8. The lowest BCUT2D eigenvalue weighted by molar-refractivity contribution is -0.114. The second-order valence-corrected chi connectivity index (χ2v) is 5.17. The van der Waals surface area contributed by atoms with E-state index in [2.05, 4.69) is 20.9 Å². The maximum Gasteiger partial charge on any atom is 0.243 e. The molecule has 0 radical (unpaired) electrons. The third kappa shape index (κ3) is 4.33. The van der Waals surface area contributed by atoms with E-state index in [0.717, 1.165) is 22.7 Å². The molecule has 1 aromatic heterocycles. The highest BCUT2D eigenvalue weighted by molar-refractivity contribution is 5.97. The summed E-state index contributed by atoms with van der Waals surface area (Å²) in [6, 6.07) is 21.1. The Morgan fingerprint density at radius 1 is 0.792 bits per heavy atom. The monoisotopic (exact) mass is 318 g/mol. The van der Waals surface area contributed by atoms with Crippen molar-refractivity contribution in [2.75, 3.05) is 22.5 Å². The molecule has 0 spiro atoms. The first-order valence-corrected chi connectivity index (χ1v) is 7.66. The van der Waals surface area contributed by atoms with Crippen LogP contribution in [0.5, 0.6) is 0 Å². The molecule has 0 saturated heterocycles. The standard InChI is InChI=1S/C19H18N4O/c24-19(14-21-15-10-12-20-13-11-15)23-18-9-5-4-8-17(18)22-16-6-2-1-3-7-16/h1-13,22H,14H2,(H,20,21)(H,23,24). The van der Waals surface area contributed by atoms with Crippen LogP contribution >= 0.6 is 0 Å². The summed E-state index contributed by atoms with van der Waals surface area (Å²) >= 11 is 0. The molecule has 1 amide bonds. The third-order valence-electron chi connectivity index (χ3n) is 3.39. The van der Waals surface area contributed by atoms with Crippen LogP contribution in [0.25, 0.3) is 0 Å². The molecule has 0 aliphatic rings. The van der Waals surface area contributed by atoms with Gasteiger partial charge in [-0.15, -0.1) is 0 Å². The second-order valence-electron chi connectivity index (χ2n) is 5.17. The fourth-order valence-corrected chi connectivity index (χ4v) is 2.22. The maximum atomic E-state index is 12.2. The molecule has 0 bridgehead atoms. The summed E-state index contributed by atoms with van der Waals surface area (Å²) in [4.78, 5) is 16.1. The summed E-state index contributed by atoms with van der Waals surface area (Å²) in [5.74, 6) is -0.117. The van der Waals surface area contributed by atoms with E-state index in [0.29, 0.717) is 0 Å². The van der Waals surface area contributed by atoms with Crippen molar-refractivity contribution in [3.63, 3.8) is 0 Å². The zero-order chi connectivity index (χ0) is 16.6. The van der Waals surface area contributed by atoms with E-state index in [9.17, 15) is 4.79 Å². The number of nitrogens with zero attached hydrogens (tertiary/aromatic N) is 1. The molecule has 0 unspecified atom stereocenters. The number of hydrogen-bond acceptors (Lipinski definition) is 4. The average molecular weight is 318 g/mol. The molecule has 0 aliphatic heterocycles. The predicted molar refractivity (Wildman–Crippen MR) is 97.5 cm³/mol. The van der Waals surface area contributed by atoms with E-state index in [-0.39, 0.29) is 12.5 Å². The number of carbonyl (C=O) groups is 1. The Balaban J connectivity index is 1.63. The van der Waals surface area contributed by atoms with E-state index < -0.39 is 0 Å². The minimum Gasteiger partial charge on any atom is -0.376 e. The number of nitrogens with one attached hydrogen (secondary N) is 3. The number of para-hydroxylation sites is 3. The van der Waals surface area contributed by atoms with Crippen LogP contribution in [0.4, 0.5) is 22.7 Å². The smallest absolute Gasteiger partial charge is 0.243 e. The molecule has 3 N–H and O–H groups in total. The van der Waals surface area contributed by atoms with E-state index in [1.54, 1.807) is 12.4 Å². The van der Waals surface area contributed by atoms with Crippen LogP contribution < -0.4 is 16.0 Å². The first kappa shape index (κ1) is 15.6. The van der Waals surface area contributed by atoms with Crippen molar-refractivity contribution in [1.29, 1.82) is 0 Å². The summed E-state index contributed by atoms with van der Waals surface area (Å²) in [5, 5.41) is 9.29. The number of anilines is 4. The molecule has 120 valence electrons. The van der Waals surface area contributed by atoms with Crippen molar-refractivity contribution in [3.8, 4) is 0 Å². The summed E-state index contributed by atoms with van der Waals surface area (Å²) in [5.41, 5.74) is 3.41. The maximum absolute atomic E-state index is 12.2. The van der Waals surface area contributed by atoms with Crippen LogP contribution in [0.3, 0.4) is 0 Å². The van der Waals surface area contributed by atoms with Gasteiger partial charge in [0.2, 0.25) is 5.91 Å². The largest absolute Gasteiger partial charge is 0.376 e. The fourth-order valence-electron chi connectivity index (χ4n) is 2.22. The second kappa shape index (κ2) is 7.78. The number of amides is 1. The van der Waals surface area contributed by atoms with Crippen LogP contribution in [0.2, 0.25) is 0 Å². The van der Waals surface area contributed by atoms with Crippen molar-refractivity contribution in [2.45, 2.75) is 0 Å². The van der Waals surface area contributed by atoms with Gasteiger partial charge in [0, 0.05) is 23.8 Å². The normalized spacial score (nSPS) is 10.0. The van der Waals surface area contributed by atoms with Gasteiger partial charge >= 0.3 is 0 Å². The molecule has 2 aromatic carbocycles. The molecule has 24 heavy (non-hydrogen) atoms. The van der Waals surface area contributed by atoms with Crippen molar-refractivity contribution >= 4 is 28.7 Å². The lowest BCUT2D eigenvalue weighted by atomic mass is 10.2. The third-order valence-corrected chi connectivity index (χ3v) is 3.39. The number of benzene rings is 2. The Bertz CT molecular complexity index is 791. The Kier molecular flexibility index (Phi) is 5.04. The van der Waals surface area contributed by atoms with Gasteiger partial charge in [-0.25, -0.2) is 0 Å². The van der Waals surface area contributed by atoms with Gasteiger partial charge in [-0.05, 0) is 36.4 Å². The van der Waals surface area contributed by atoms with Gasteiger partial charge < -0.3 is 16.0 Å². The molecule has 3 aromatic rings. The molecule has 0 atom stereocenters. The van der Waals surface area contributed by atoms with Crippen molar-refractivity contribution < 1.29 is 4.79 Å². The van der Waals surface area contributed by atoms with Crippen LogP contribution in [0, 0.1) is 0 Å². The van der Waals surface area contributed by atoms with Gasteiger partial charge in [0.25, 0.3) is 0 Å². The Morgan fingerprint density at radius 2 is 1.46 bits per heavy atom. The van der Waals surface area contributed by atoms with E-state index in [4.69, 9.17) is 0 Å². The topological polar surface area (TPSA) is 66.0 Å². The molecular formula is C19H18N4O. The van der Waals surface area contributed by atoms with E-state index >= 15 is 0 Å². The molecular weight excluding hydrogens is 300 g/mol. The number of hydrogen-bond donors (Lipinski definition) is 3. The van der Waals surface area contributed by atoms with Gasteiger partial charge in [0.1, 0.15) is 0 Å². The predicted octanol–water partition coefficient (Wildman–Crippen LogP) is 3.88. The summed E-state index contributed by atoms with van der Waals surface area (Å²) in [6.07, 6.45) is 3.36. The lowest BCUT2D eigenvalue weighted by Crippen LogP contribution is -2.22. The Morgan fingerprint density at radius 3 is 2.21 bits per heavy atom. The zero-order valence-corrected chi connectivity index (χ0v) is 13.1. The minimum atomic E-state index is -0.117. The van der Waals surface area contributed by atoms with Crippen LogP contribution in [-0.2, 0) is 4.79 Å². The molecule has 5 heteroatoms. The quantitative estimate of drug-likeness (QED) is 0.645. The number of pyridine rings is 1. The molecule has 5 nitrogen and oxygen atoms in total. The number of carbonyl (C=O) groups excluding carboxylic acids is 1. The molecule has 3 rings (SSSR count). The molecule has 0 aliphatic carbocycles. The number of rotatable bonds is 6. The first-order valence-electron chi connectivity index (χ1n) is 7.66. The summed E-state index contributed by atoms with van der Waals surface area (Å²) in [6.45, 7) is 0.184. The van der Waals surface area contributed by atoms with Gasteiger partial charge in [-0.3, -0.25) is 9.78 Å². The van der Waals surface area contributed by atoms with Gasteiger partial charge in [-0.1, -0.05) is 30.3 Å². The van der Waals surface area contributed by atoms with Crippen LogP contribution in [0.1, 0.15) is 0 Å². The van der Waals surface area contributed by atoms with Crippen LogP contribution in [0.15, 0.2) is 79.1 Å². The van der Waals surface area contributed by atoms with Crippen LogP contribution in [-0.4, -0.2) is 17.4 Å². The van der Waals surface area contributed by atoms with E-state index in [1.165, 1.54) is 0 Å². The van der Waals surface area contributed by atoms with Gasteiger partial charge in [0.05, 0.1) is 17.9 Å². The highest BCUT2D eigenvalue weighted by atomic mass is 16.1. The lowest BCUT2D eigenvalue weighted by Gasteiger charge is -2.13. The Labute approximate surface area is 140 Å². The van der Waals surface area contributed by atoms with E-state index in [1.807, 2.05) is 66.7 Å². The zero-order valence-electron chi connectivity index (χ0n) is 13.1.